The van der Waals surface area contributed by atoms with Gasteiger partial charge in [-0.25, -0.2) is 4.98 Å². The zero-order chi connectivity index (χ0) is 11.2. The number of aryl methyl sites for hydroxylation is 1. The van der Waals surface area contributed by atoms with Crippen molar-refractivity contribution in [2.75, 3.05) is 0 Å². The van der Waals surface area contributed by atoms with Gasteiger partial charge in [0.25, 0.3) is 5.56 Å². The molecule has 0 N–H and O–H groups in total. The molecule has 0 aliphatic carbocycles. The predicted octanol–water partition coefficient (Wildman–Crippen LogP) is 2.73. The maximum Gasteiger partial charge on any atom is 0.262 e. The molecule has 2 aromatic rings. The first-order valence-electron chi connectivity index (χ1n) is 4.35. The van der Waals surface area contributed by atoms with Crippen LogP contribution < -0.4 is 5.56 Å². The van der Waals surface area contributed by atoms with Gasteiger partial charge < -0.3 is 0 Å². The molecule has 0 aromatic carbocycles. The lowest BCUT2D eigenvalue weighted by Gasteiger charge is -2.06. The van der Waals surface area contributed by atoms with Gasteiger partial charge in [0.15, 0.2) is 5.65 Å². The van der Waals surface area contributed by atoms with Crippen molar-refractivity contribution in [3.63, 3.8) is 0 Å². The summed E-state index contributed by atoms with van der Waals surface area (Å²) in [6.45, 7) is 3.58. The molecule has 2 heterocycles. The Bertz CT molecular complexity index is 606. The minimum atomic E-state index is -0.130. The molecular weight excluding hydrogens is 279 g/mol. The molecule has 15 heavy (non-hydrogen) atoms. The number of hydrogen-bond donors (Lipinski definition) is 0. The molecule has 0 bridgehead atoms. The second kappa shape index (κ2) is 3.61. The molecule has 0 aliphatic rings. The van der Waals surface area contributed by atoms with Gasteiger partial charge in [-0.3, -0.25) is 9.20 Å². The zero-order valence-corrected chi connectivity index (χ0v) is 10.6. The van der Waals surface area contributed by atoms with Gasteiger partial charge in [-0.2, -0.15) is 0 Å². The van der Waals surface area contributed by atoms with Crippen molar-refractivity contribution in [2.24, 2.45) is 0 Å². The summed E-state index contributed by atoms with van der Waals surface area (Å²) in [5.41, 5.74) is 1.86. The summed E-state index contributed by atoms with van der Waals surface area (Å²) in [5.74, 6) is 0. The SMILES string of the molecule is Cc1cc(Br)c2nc(Cl)c(C)c(=O)n2c1. The van der Waals surface area contributed by atoms with Crippen molar-refractivity contribution < 1.29 is 0 Å². The van der Waals surface area contributed by atoms with Gasteiger partial charge >= 0.3 is 0 Å². The second-order valence-electron chi connectivity index (χ2n) is 3.39. The highest BCUT2D eigenvalue weighted by molar-refractivity contribution is 9.10. The average Bonchev–Trinajstić information content (AvgIpc) is 2.17. The Morgan fingerprint density at radius 1 is 1.47 bits per heavy atom. The van der Waals surface area contributed by atoms with E-state index >= 15 is 0 Å². The lowest BCUT2D eigenvalue weighted by Crippen LogP contribution is -2.18. The van der Waals surface area contributed by atoms with E-state index in [0.29, 0.717) is 11.2 Å². The highest BCUT2D eigenvalue weighted by Crippen LogP contribution is 2.19. The number of rotatable bonds is 0. The van der Waals surface area contributed by atoms with Gasteiger partial charge in [-0.1, -0.05) is 11.6 Å². The molecule has 5 heteroatoms. The smallest absolute Gasteiger partial charge is 0.262 e. The lowest BCUT2D eigenvalue weighted by atomic mass is 10.3. The van der Waals surface area contributed by atoms with E-state index in [2.05, 4.69) is 20.9 Å². The summed E-state index contributed by atoms with van der Waals surface area (Å²) >= 11 is 9.22. The summed E-state index contributed by atoms with van der Waals surface area (Å²) in [6.07, 6.45) is 1.75. The Morgan fingerprint density at radius 2 is 2.13 bits per heavy atom. The van der Waals surface area contributed by atoms with E-state index < -0.39 is 0 Å². The van der Waals surface area contributed by atoms with Crippen LogP contribution in [0.25, 0.3) is 5.65 Å². The van der Waals surface area contributed by atoms with Gasteiger partial charge in [0.05, 0.1) is 10.0 Å². The molecule has 0 saturated carbocycles. The van der Waals surface area contributed by atoms with Crippen molar-refractivity contribution in [2.45, 2.75) is 13.8 Å². The van der Waals surface area contributed by atoms with Crippen LogP contribution in [-0.4, -0.2) is 9.38 Å². The van der Waals surface area contributed by atoms with E-state index in [9.17, 15) is 4.79 Å². The third-order valence-corrected chi connectivity index (χ3v) is 3.13. The third kappa shape index (κ3) is 1.68. The molecule has 0 spiro atoms. The van der Waals surface area contributed by atoms with E-state index in [1.165, 1.54) is 4.40 Å². The minimum Gasteiger partial charge on any atom is -0.269 e. The first kappa shape index (κ1) is 10.6. The Morgan fingerprint density at radius 3 is 2.80 bits per heavy atom. The molecule has 0 unspecified atom stereocenters. The van der Waals surface area contributed by atoms with Gasteiger partial charge in [-0.15, -0.1) is 0 Å². The van der Waals surface area contributed by atoms with Crippen molar-refractivity contribution in [1.82, 2.24) is 9.38 Å². The highest BCUT2D eigenvalue weighted by atomic mass is 79.9. The minimum absolute atomic E-state index is 0.130. The molecule has 0 atom stereocenters. The fourth-order valence-electron chi connectivity index (χ4n) is 1.39. The zero-order valence-electron chi connectivity index (χ0n) is 8.21. The third-order valence-electron chi connectivity index (χ3n) is 2.18. The summed E-state index contributed by atoms with van der Waals surface area (Å²) in [5, 5.41) is 0.254. The summed E-state index contributed by atoms with van der Waals surface area (Å²) < 4.78 is 2.27. The molecular formula is C10H8BrClN2O. The van der Waals surface area contributed by atoms with Crippen LogP contribution in [-0.2, 0) is 0 Å². The molecule has 0 amide bonds. The van der Waals surface area contributed by atoms with Crippen LogP contribution in [0, 0.1) is 13.8 Å². The van der Waals surface area contributed by atoms with Crippen LogP contribution in [0.15, 0.2) is 21.5 Å². The average molecular weight is 288 g/mol. The Labute approximate surface area is 99.8 Å². The fraction of sp³-hybridized carbons (Fsp3) is 0.200. The van der Waals surface area contributed by atoms with E-state index in [1.54, 1.807) is 13.1 Å². The largest absolute Gasteiger partial charge is 0.269 e. The molecule has 0 fully saturated rings. The standard InChI is InChI=1S/C10H8BrClN2O/c1-5-3-7(11)9-13-8(12)6(2)10(15)14(9)4-5/h3-4H,1-2H3. The highest BCUT2D eigenvalue weighted by Gasteiger charge is 2.09. The molecule has 0 aliphatic heterocycles. The maximum absolute atomic E-state index is 11.9. The van der Waals surface area contributed by atoms with E-state index in [-0.39, 0.29) is 10.7 Å². The molecule has 0 saturated heterocycles. The van der Waals surface area contributed by atoms with Gasteiger partial charge in [0, 0.05) is 6.20 Å². The number of nitrogens with zero attached hydrogens (tertiary/aromatic N) is 2. The van der Waals surface area contributed by atoms with E-state index in [0.717, 1.165) is 10.0 Å². The number of fused-ring (bicyclic) bond motifs is 1. The fourth-order valence-corrected chi connectivity index (χ4v) is 2.19. The lowest BCUT2D eigenvalue weighted by molar-refractivity contribution is 0.999. The predicted molar refractivity (Wildman–Crippen MR) is 63.6 cm³/mol. The summed E-state index contributed by atoms with van der Waals surface area (Å²) in [7, 11) is 0. The van der Waals surface area contributed by atoms with Crippen LogP contribution in [0.4, 0.5) is 0 Å². The van der Waals surface area contributed by atoms with Crippen molar-refractivity contribution in [3.8, 4) is 0 Å². The van der Waals surface area contributed by atoms with Crippen LogP contribution in [0.5, 0.6) is 0 Å². The number of hydrogen-bond acceptors (Lipinski definition) is 2. The Kier molecular flexibility index (Phi) is 2.56. The van der Waals surface area contributed by atoms with Crippen molar-refractivity contribution >= 4 is 33.2 Å². The topological polar surface area (TPSA) is 34.4 Å². The number of aromatic nitrogens is 2. The number of pyridine rings is 1. The Balaban J connectivity index is 3.06. The van der Waals surface area contributed by atoms with Crippen LogP contribution >= 0.6 is 27.5 Å². The van der Waals surface area contributed by atoms with Crippen molar-refractivity contribution in [1.29, 1.82) is 0 Å². The summed E-state index contributed by atoms with van der Waals surface area (Å²) in [6, 6.07) is 1.90. The van der Waals surface area contributed by atoms with Crippen LogP contribution in [0.2, 0.25) is 5.15 Å². The van der Waals surface area contributed by atoms with Crippen LogP contribution in [0.1, 0.15) is 11.1 Å². The molecule has 2 aromatic heterocycles. The first-order valence-corrected chi connectivity index (χ1v) is 5.52. The maximum atomic E-state index is 11.9. The summed E-state index contributed by atoms with van der Waals surface area (Å²) in [4.78, 5) is 16.0. The normalized spacial score (nSPS) is 10.9. The molecule has 78 valence electrons. The van der Waals surface area contributed by atoms with E-state index in [1.807, 2.05) is 13.0 Å². The molecule has 3 nitrogen and oxygen atoms in total. The first-order chi connectivity index (χ1) is 7.00. The Hall–Kier alpha value is -0.870. The molecule has 2 rings (SSSR count). The van der Waals surface area contributed by atoms with Gasteiger partial charge in [0.2, 0.25) is 0 Å². The van der Waals surface area contributed by atoms with Crippen molar-refractivity contribution in [3.05, 3.63) is 43.4 Å². The quantitative estimate of drug-likeness (QED) is 0.698. The monoisotopic (exact) mass is 286 g/mol. The molecule has 0 radical (unpaired) electrons. The van der Waals surface area contributed by atoms with Gasteiger partial charge in [-0.05, 0) is 41.4 Å². The van der Waals surface area contributed by atoms with Gasteiger partial charge in [0.1, 0.15) is 5.15 Å². The number of halogens is 2. The van der Waals surface area contributed by atoms with Crippen LogP contribution in [0.3, 0.4) is 0 Å². The van der Waals surface area contributed by atoms with E-state index in [4.69, 9.17) is 11.6 Å². The second-order valence-corrected chi connectivity index (χ2v) is 4.60.